The highest BCUT2D eigenvalue weighted by molar-refractivity contribution is 7.92. The highest BCUT2D eigenvalue weighted by atomic mass is 32.2. The molecule has 170 valence electrons. The first kappa shape index (κ1) is 23.4. The summed E-state index contributed by atoms with van der Waals surface area (Å²) in [6.45, 7) is 0.794. The Balaban J connectivity index is 1.70. The first-order valence-corrected chi connectivity index (χ1v) is 10.9. The molecule has 3 rings (SSSR count). The van der Waals surface area contributed by atoms with Crippen molar-refractivity contribution in [3.63, 3.8) is 0 Å². The first-order chi connectivity index (χ1) is 14.3. The summed E-state index contributed by atoms with van der Waals surface area (Å²) in [5.74, 6) is 0. The lowest BCUT2D eigenvalue weighted by atomic mass is 10.0. The van der Waals surface area contributed by atoms with E-state index in [9.17, 15) is 34.8 Å². The number of fused-ring (bicyclic) bond motifs is 1. The van der Waals surface area contributed by atoms with Crippen LogP contribution in [0.15, 0.2) is 47.4 Å². The normalized spacial score (nSPS) is 15.9. The lowest BCUT2D eigenvalue weighted by molar-refractivity contribution is -0.138. The van der Waals surface area contributed by atoms with Crippen molar-refractivity contribution in [3.05, 3.63) is 59.2 Å². The Morgan fingerprint density at radius 3 is 2.06 bits per heavy atom. The monoisotopic (exact) mass is 466 g/mol. The molecule has 0 saturated carbocycles. The Bertz CT molecular complexity index is 1020. The molecule has 11 heteroatoms. The number of sulfonamides is 1. The third kappa shape index (κ3) is 6.36. The van der Waals surface area contributed by atoms with E-state index in [2.05, 4.69) is 4.72 Å². The van der Waals surface area contributed by atoms with Crippen LogP contribution in [0.4, 0.5) is 32.0 Å². The molecule has 0 aromatic heterocycles. The molecule has 0 radical (unpaired) electrons. The van der Waals surface area contributed by atoms with Gasteiger partial charge in [0.05, 0.1) is 16.9 Å². The van der Waals surface area contributed by atoms with Crippen LogP contribution in [-0.2, 0) is 29.0 Å². The smallest absolute Gasteiger partial charge is 0.302 e. The maximum Gasteiger partial charge on any atom is 0.416 e. The van der Waals surface area contributed by atoms with Crippen LogP contribution < -0.4 is 4.72 Å². The van der Waals surface area contributed by atoms with Crippen LogP contribution in [0.1, 0.15) is 23.1 Å². The van der Waals surface area contributed by atoms with Crippen LogP contribution in [0.2, 0.25) is 0 Å². The van der Waals surface area contributed by atoms with Crippen LogP contribution in [0.3, 0.4) is 0 Å². The molecular formula is C20H20F6N2O2S. The third-order valence-electron chi connectivity index (χ3n) is 5.06. The van der Waals surface area contributed by atoms with E-state index in [4.69, 9.17) is 0 Å². The molecule has 0 unspecified atom stereocenters. The number of hydrogen-bond donors (Lipinski definition) is 1. The number of hydrogen-bond acceptors (Lipinski definition) is 3. The molecule has 0 bridgehead atoms. The van der Waals surface area contributed by atoms with Gasteiger partial charge in [0.25, 0.3) is 10.0 Å². The fourth-order valence-electron chi connectivity index (χ4n) is 3.38. The highest BCUT2D eigenvalue weighted by Crippen LogP contribution is 2.30. The lowest BCUT2D eigenvalue weighted by Gasteiger charge is -2.20. The van der Waals surface area contributed by atoms with Crippen molar-refractivity contribution >= 4 is 15.7 Å². The number of halogens is 6. The van der Waals surface area contributed by atoms with E-state index >= 15 is 0 Å². The number of benzene rings is 2. The predicted octanol–water partition coefficient (Wildman–Crippen LogP) is 4.86. The fraction of sp³-hybridized carbons (Fsp3) is 0.400. The fourth-order valence-corrected chi connectivity index (χ4v) is 4.43. The summed E-state index contributed by atoms with van der Waals surface area (Å²) in [7, 11) is -4.10. The zero-order valence-electron chi connectivity index (χ0n) is 16.2. The Morgan fingerprint density at radius 1 is 0.871 bits per heavy atom. The number of nitrogens with one attached hydrogen (secondary N) is 1. The molecule has 1 heterocycles. The number of nitrogens with zero attached hydrogens (tertiary/aromatic N) is 1. The number of rotatable bonds is 5. The van der Waals surface area contributed by atoms with Gasteiger partial charge in [-0.15, -0.1) is 0 Å². The summed E-state index contributed by atoms with van der Waals surface area (Å²) >= 11 is 0. The quantitative estimate of drug-likeness (QED) is 0.641. The van der Waals surface area contributed by atoms with Gasteiger partial charge in [-0.05, 0) is 60.4 Å². The summed E-state index contributed by atoms with van der Waals surface area (Å²) in [5, 5.41) is 0. The second-order valence-electron chi connectivity index (χ2n) is 7.32. The topological polar surface area (TPSA) is 49.4 Å². The summed E-state index contributed by atoms with van der Waals surface area (Å²) in [6, 6.07) is 8.02. The van der Waals surface area contributed by atoms with Crippen LogP contribution >= 0.6 is 0 Å². The summed E-state index contributed by atoms with van der Waals surface area (Å²) < 4.78 is 103. The van der Waals surface area contributed by atoms with Gasteiger partial charge in [0.15, 0.2) is 0 Å². The van der Waals surface area contributed by atoms with Crippen LogP contribution in [-0.4, -0.2) is 39.1 Å². The summed E-state index contributed by atoms with van der Waals surface area (Å²) in [6.07, 6.45) is -8.67. The molecule has 0 amide bonds. The average molecular weight is 466 g/mol. The van der Waals surface area contributed by atoms with Crippen LogP contribution in [0.25, 0.3) is 0 Å². The van der Waals surface area contributed by atoms with Crippen molar-refractivity contribution in [2.75, 3.05) is 24.4 Å². The minimum absolute atomic E-state index is 0.0924. The maximum atomic E-state index is 12.7. The minimum Gasteiger partial charge on any atom is -0.302 e. The molecule has 0 atom stereocenters. The van der Waals surface area contributed by atoms with Gasteiger partial charge in [-0.3, -0.25) is 4.72 Å². The molecule has 31 heavy (non-hydrogen) atoms. The molecule has 2 aromatic rings. The van der Waals surface area contributed by atoms with Gasteiger partial charge in [0.1, 0.15) is 0 Å². The van der Waals surface area contributed by atoms with Gasteiger partial charge < -0.3 is 4.90 Å². The van der Waals surface area contributed by atoms with E-state index in [0.29, 0.717) is 38.1 Å². The molecule has 1 aliphatic rings. The van der Waals surface area contributed by atoms with E-state index < -0.39 is 34.4 Å². The molecule has 4 nitrogen and oxygen atoms in total. The molecule has 0 aliphatic carbocycles. The number of alkyl halides is 6. The molecule has 0 saturated heterocycles. The molecular weight excluding hydrogens is 446 g/mol. The standard InChI is InChI=1S/C20H20F6N2O2S/c21-19(22,23)9-12-28-10-7-14-1-4-17(13-15(14)8-11-28)27-31(29,30)18-5-2-16(3-6-18)20(24,25)26/h1-6,13,27H,7-12H2. The molecule has 1 N–H and O–H groups in total. The van der Waals surface area contributed by atoms with E-state index in [0.717, 1.165) is 23.3 Å². The lowest BCUT2D eigenvalue weighted by Crippen LogP contribution is -2.30. The summed E-state index contributed by atoms with van der Waals surface area (Å²) in [4.78, 5) is 1.41. The molecule has 1 aliphatic heterocycles. The van der Waals surface area contributed by atoms with Gasteiger partial charge in [0.2, 0.25) is 0 Å². The van der Waals surface area contributed by atoms with Crippen molar-refractivity contribution in [3.8, 4) is 0 Å². The maximum absolute atomic E-state index is 12.7. The van der Waals surface area contributed by atoms with Crippen molar-refractivity contribution < 1.29 is 34.8 Å². The van der Waals surface area contributed by atoms with E-state index in [1.54, 1.807) is 17.0 Å². The molecule has 0 fully saturated rings. The largest absolute Gasteiger partial charge is 0.416 e. The highest BCUT2D eigenvalue weighted by Gasteiger charge is 2.31. The Kier molecular flexibility index (Phi) is 6.56. The van der Waals surface area contributed by atoms with Crippen LogP contribution in [0.5, 0.6) is 0 Å². The van der Waals surface area contributed by atoms with Gasteiger partial charge >= 0.3 is 12.4 Å². The summed E-state index contributed by atoms with van der Waals surface area (Å²) in [5.41, 5.74) is 1.03. The van der Waals surface area contributed by atoms with Crippen molar-refractivity contribution in [2.45, 2.75) is 36.5 Å². The van der Waals surface area contributed by atoms with Crippen LogP contribution in [0, 0.1) is 0 Å². The van der Waals surface area contributed by atoms with Crippen molar-refractivity contribution in [2.24, 2.45) is 0 Å². The second kappa shape index (κ2) is 8.70. The SMILES string of the molecule is O=S(=O)(Nc1ccc2c(c1)CCN(CCC(F)(F)F)CC2)c1ccc(C(F)(F)F)cc1. The van der Waals surface area contributed by atoms with Crippen molar-refractivity contribution in [1.29, 1.82) is 0 Å². The minimum atomic E-state index is -4.57. The Hall–Kier alpha value is -2.27. The zero-order chi connectivity index (χ0) is 22.9. The molecule has 0 spiro atoms. The Labute approximate surface area is 175 Å². The zero-order valence-corrected chi connectivity index (χ0v) is 17.0. The van der Waals surface area contributed by atoms with Crippen molar-refractivity contribution in [1.82, 2.24) is 4.90 Å². The van der Waals surface area contributed by atoms with Gasteiger partial charge in [0, 0.05) is 25.3 Å². The predicted molar refractivity (Wildman–Crippen MR) is 103 cm³/mol. The molecule has 2 aromatic carbocycles. The first-order valence-electron chi connectivity index (χ1n) is 9.44. The third-order valence-corrected chi connectivity index (χ3v) is 6.45. The second-order valence-corrected chi connectivity index (χ2v) is 9.00. The van der Waals surface area contributed by atoms with Gasteiger partial charge in [-0.1, -0.05) is 6.07 Å². The number of anilines is 1. The van der Waals surface area contributed by atoms with Gasteiger partial charge in [-0.25, -0.2) is 8.42 Å². The van der Waals surface area contributed by atoms with E-state index in [-0.39, 0.29) is 17.1 Å². The average Bonchev–Trinajstić information content (AvgIpc) is 2.87. The Morgan fingerprint density at radius 2 is 1.48 bits per heavy atom. The van der Waals surface area contributed by atoms with E-state index in [1.807, 2.05) is 0 Å². The van der Waals surface area contributed by atoms with E-state index in [1.165, 1.54) is 6.07 Å². The van der Waals surface area contributed by atoms with Gasteiger partial charge in [-0.2, -0.15) is 26.3 Å².